The molecule has 3 aromatic rings. The van der Waals surface area contributed by atoms with Crippen LogP contribution in [0.4, 0.5) is 5.69 Å². The van der Waals surface area contributed by atoms with Crippen molar-refractivity contribution in [3.63, 3.8) is 0 Å². The van der Waals surface area contributed by atoms with E-state index >= 15 is 0 Å². The Morgan fingerprint density at radius 1 is 1.20 bits per heavy atom. The van der Waals surface area contributed by atoms with Crippen LogP contribution in [0, 0.1) is 0 Å². The summed E-state index contributed by atoms with van der Waals surface area (Å²) in [5.74, 6) is -0.315. The Bertz CT molecular complexity index is 933. The van der Waals surface area contributed by atoms with Gasteiger partial charge in [0.15, 0.2) is 6.61 Å². The third kappa shape index (κ3) is 3.78. The van der Waals surface area contributed by atoms with Gasteiger partial charge in [-0.1, -0.05) is 12.1 Å². The number of carbonyl (C=O) groups is 2. The number of carboxylic acids is 1. The molecule has 0 radical (unpaired) electrons. The first kappa shape index (κ1) is 16.5. The van der Waals surface area contributed by atoms with E-state index in [1.54, 1.807) is 24.4 Å². The maximum absolute atomic E-state index is 11.0. The highest BCUT2D eigenvalue weighted by Gasteiger charge is 2.15. The molecule has 1 aliphatic heterocycles. The van der Waals surface area contributed by atoms with Crippen molar-refractivity contribution in [2.45, 2.75) is 6.54 Å². The second-order valence-corrected chi connectivity index (χ2v) is 5.46. The molecule has 0 bridgehead atoms. The summed E-state index contributed by atoms with van der Waals surface area (Å²) in [5.41, 5.74) is 8.31. The molecule has 7 nitrogen and oxygen atoms in total. The number of carbonyl (C=O) groups excluding carboxylic acids is 1. The first-order valence-corrected chi connectivity index (χ1v) is 7.63. The summed E-state index contributed by atoms with van der Waals surface area (Å²) in [4.78, 5) is 24.5. The topological polar surface area (TPSA) is 117 Å². The second kappa shape index (κ2) is 7.06. The van der Waals surface area contributed by atoms with E-state index in [0.29, 0.717) is 23.5 Å². The van der Waals surface area contributed by atoms with Crippen LogP contribution in [-0.2, 0) is 11.3 Å². The molecule has 0 unspecified atom stereocenters. The van der Waals surface area contributed by atoms with Gasteiger partial charge in [-0.25, -0.2) is 4.79 Å². The van der Waals surface area contributed by atoms with E-state index < -0.39 is 5.97 Å². The van der Waals surface area contributed by atoms with Crippen LogP contribution in [0.25, 0.3) is 10.9 Å². The highest BCUT2D eigenvalue weighted by atomic mass is 16.5. The summed E-state index contributed by atoms with van der Waals surface area (Å²) in [6.45, 7) is 0.554. The van der Waals surface area contributed by atoms with Crippen LogP contribution in [0.2, 0.25) is 0 Å². The number of nitrogens with two attached hydrogens (primary N) is 1. The summed E-state index contributed by atoms with van der Waals surface area (Å²) in [6.07, 6.45) is 1.79. The van der Waals surface area contributed by atoms with Crippen LogP contribution in [0.1, 0.15) is 15.9 Å². The molecular weight excluding hydrogens is 322 g/mol. The Kier molecular flexibility index (Phi) is 4.67. The molecule has 25 heavy (non-hydrogen) atoms. The summed E-state index contributed by atoms with van der Waals surface area (Å²) < 4.78 is 5.18. The number of amides is 1. The molecule has 0 saturated heterocycles. The number of carboxylic acid groups (broad SMARTS) is 1. The van der Waals surface area contributed by atoms with Crippen LogP contribution in [-0.4, -0.2) is 28.6 Å². The van der Waals surface area contributed by atoms with E-state index in [9.17, 15) is 9.59 Å². The van der Waals surface area contributed by atoms with Crippen molar-refractivity contribution in [3.05, 3.63) is 59.8 Å². The average molecular weight is 339 g/mol. The monoisotopic (exact) mass is 339 g/mol. The van der Waals surface area contributed by atoms with Crippen molar-refractivity contribution >= 4 is 28.5 Å². The molecule has 0 fully saturated rings. The first-order chi connectivity index (χ1) is 12.1. The number of aromatic amines is 1. The zero-order valence-electron chi connectivity index (χ0n) is 13.3. The fraction of sp³-hybridized carbons (Fsp3) is 0.111. The zero-order chi connectivity index (χ0) is 17.8. The van der Waals surface area contributed by atoms with Gasteiger partial charge in [0, 0.05) is 18.3 Å². The first-order valence-electron chi connectivity index (χ1n) is 7.63. The van der Waals surface area contributed by atoms with Gasteiger partial charge in [0.2, 0.25) is 0 Å². The minimum atomic E-state index is -0.897. The molecule has 5 N–H and O–H groups in total. The predicted molar refractivity (Wildman–Crippen MR) is 93.7 cm³/mol. The molecule has 0 atom stereocenters. The average Bonchev–Trinajstić information content (AvgIpc) is 3.09. The fourth-order valence-corrected chi connectivity index (χ4v) is 2.44. The molecule has 0 spiro atoms. The molecule has 1 aliphatic rings. The molecule has 0 aliphatic carbocycles. The quantitative estimate of drug-likeness (QED) is 0.572. The van der Waals surface area contributed by atoms with Crippen LogP contribution < -0.4 is 15.8 Å². The fourth-order valence-electron chi connectivity index (χ4n) is 2.44. The third-order valence-corrected chi connectivity index (χ3v) is 3.71. The van der Waals surface area contributed by atoms with Crippen LogP contribution >= 0.6 is 0 Å². The summed E-state index contributed by atoms with van der Waals surface area (Å²) in [7, 11) is 0. The standard InChI is InChI=1S/C9H10N2O2.C9H7NO2/c10-4-6-1-2-8-7(3-6)11-9(12)5-13-8;11-9(12)7-2-1-6-3-4-10-8(6)5-7/h1-3H,4-5,10H2,(H,11,12);1-5,10H,(H,11,12). The number of fused-ring (bicyclic) bond motifs is 2. The molecule has 1 amide bonds. The number of H-pyrrole nitrogens is 1. The lowest BCUT2D eigenvalue weighted by molar-refractivity contribution is -0.118. The third-order valence-electron chi connectivity index (χ3n) is 3.71. The molecule has 4 rings (SSSR count). The summed E-state index contributed by atoms with van der Waals surface area (Å²) in [6, 6.07) is 12.4. The molecule has 128 valence electrons. The molecule has 1 aromatic heterocycles. The van der Waals surface area contributed by atoms with Crippen molar-refractivity contribution in [1.29, 1.82) is 0 Å². The van der Waals surface area contributed by atoms with Crippen molar-refractivity contribution < 1.29 is 19.4 Å². The van der Waals surface area contributed by atoms with Gasteiger partial charge in [0.05, 0.1) is 11.3 Å². The van der Waals surface area contributed by atoms with Gasteiger partial charge in [-0.15, -0.1) is 0 Å². The number of nitrogens with one attached hydrogen (secondary N) is 2. The number of rotatable bonds is 2. The van der Waals surface area contributed by atoms with Gasteiger partial charge in [-0.2, -0.15) is 0 Å². The van der Waals surface area contributed by atoms with Gasteiger partial charge < -0.3 is 25.9 Å². The number of hydrogen-bond donors (Lipinski definition) is 4. The molecule has 7 heteroatoms. The summed E-state index contributed by atoms with van der Waals surface area (Å²) in [5, 5.41) is 12.4. The lowest BCUT2D eigenvalue weighted by atomic mass is 10.1. The Morgan fingerprint density at radius 2 is 2.04 bits per heavy atom. The number of aromatic carboxylic acids is 1. The molecule has 2 aromatic carbocycles. The number of aromatic nitrogens is 1. The Morgan fingerprint density at radius 3 is 2.80 bits per heavy atom. The number of benzene rings is 2. The van der Waals surface area contributed by atoms with Gasteiger partial charge in [-0.05, 0) is 41.3 Å². The van der Waals surface area contributed by atoms with Crippen molar-refractivity contribution in [1.82, 2.24) is 4.98 Å². The SMILES string of the molecule is NCc1ccc2c(c1)NC(=O)CO2.O=C(O)c1ccc2cc[nH]c2c1. The summed E-state index contributed by atoms with van der Waals surface area (Å²) >= 11 is 0. The molecule has 0 saturated carbocycles. The van der Waals surface area contributed by atoms with Gasteiger partial charge >= 0.3 is 5.97 Å². The molecule has 2 heterocycles. The Hall–Kier alpha value is -3.32. The van der Waals surface area contributed by atoms with E-state index in [1.165, 1.54) is 0 Å². The van der Waals surface area contributed by atoms with E-state index in [-0.39, 0.29) is 12.5 Å². The van der Waals surface area contributed by atoms with Gasteiger partial charge in [-0.3, -0.25) is 4.79 Å². The lowest BCUT2D eigenvalue weighted by Crippen LogP contribution is -2.25. The van der Waals surface area contributed by atoms with Crippen LogP contribution in [0.15, 0.2) is 48.7 Å². The van der Waals surface area contributed by atoms with Crippen molar-refractivity contribution in [3.8, 4) is 5.75 Å². The van der Waals surface area contributed by atoms with E-state index in [1.807, 2.05) is 24.3 Å². The number of ether oxygens (including phenoxy) is 1. The Labute approximate surface area is 143 Å². The molecular formula is C18H17N3O4. The van der Waals surface area contributed by atoms with Crippen molar-refractivity contribution in [2.24, 2.45) is 5.73 Å². The highest BCUT2D eigenvalue weighted by Crippen LogP contribution is 2.28. The van der Waals surface area contributed by atoms with Crippen LogP contribution in [0.5, 0.6) is 5.75 Å². The maximum Gasteiger partial charge on any atom is 0.335 e. The normalized spacial score (nSPS) is 12.4. The van der Waals surface area contributed by atoms with Gasteiger partial charge in [0.25, 0.3) is 5.91 Å². The number of anilines is 1. The zero-order valence-corrected chi connectivity index (χ0v) is 13.3. The number of hydrogen-bond acceptors (Lipinski definition) is 4. The largest absolute Gasteiger partial charge is 0.482 e. The van der Waals surface area contributed by atoms with E-state index in [4.69, 9.17) is 15.6 Å². The second-order valence-electron chi connectivity index (χ2n) is 5.46. The lowest BCUT2D eigenvalue weighted by Gasteiger charge is -2.18. The van der Waals surface area contributed by atoms with Crippen molar-refractivity contribution in [2.75, 3.05) is 11.9 Å². The predicted octanol–water partition coefficient (Wildman–Crippen LogP) is 2.34. The maximum atomic E-state index is 11.0. The van der Waals surface area contributed by atoms with E-state index in [2.05, 4.69) is 10.3 Å². The minimum absolute atomic E-state index is 0.0922. The van der Waals surface area contributed by atoms with E-state index in [0.717, 1.165) is 16.5 Å². The minimum Gasteiger partial charge on any atom is -0.482 e. The smallest absolute Gasteiger partial charge is 0.335 e. The van der Waals surface area contributed by atoms with Gasteiger partial charge in [0.1, 0.15) is 5.75 Å². The Balaban J connectivity index is 0.000000146. The van der Waals surface area contributed by atoms with Crippen LogP contribution in [0.3, 0.4) is 0 Å². The highest BCUT2D eigenvalue weighted by molar-refractivity contribution is 5.95.